The maximum absolute atomic E-state index is 4.69. The van der Waals surface area contributed by atoms with Crippen molar-refractivity contribution in [2.24, 2.45) is 0 Å². The second-order valence-electron chi connectivity index (χ2n) is 5.26. The van der Waals surface area contributed by atoms with E-state index in [-0.39, 0.29) is 0 Å². The van der Waals surface area contributed by atoms with Crippen molar-refractivity contribution in [3.05, 3.63) is 46.8 Å². The molecule has 1 N–H and O–H groups in total. The molecule has 108 valence electrons. The van der Waals surface area contributed by atoms with Crippen LogP contribution in [0.5, 0.6) is 0 Å². The molecule has 0 fully saturated rings. The third-order valence-electron chi connectivity index (χ3n) is 3.71. The van der Waals surface area contributed by atoms with E-state index in [0.29, 0.717) is 0 Å². The van der Waals surface area contributed by atoms with Crippen LogP contribution in [0.15, 0.2) is 24.3 Å². The van der Waals surface area contributed by atoms with Gasteiger partial charge in [0.15, 0.2) is 0 Å². The minimum absolute atomic E-state index is 0.918. The van der Waals surface area contributed by atoms with Gasteiger partial charge in [0.1, 0.15) is 0 Å². The third kappa shape index (κ3) is 3.10. The Morgan fingerprint density at radius 2 is 2.00 bits per heavy atom. The van der Waals surface area contributed by atoms with Crippen LogP contribution in [0.25, 0.3) is 5.69 Å². The van der Waals surface area contributed by atoms with Gasteiger partial charge in [0.2, 0.25) is 0 Å². The molecule has 0 amide bonds. The molecule has 0 aliphatic heterocycles. The lowest BCUT2D eigenvalue weighted by atomic mass is 10.1. The summed E-state index contributed by atoms with van der Waals surface area (Å²) >= 11 is 0. The molecule has 1 aromatic heterocycles. The minimum Gasteiger partial charge on any atom is -0.313 e. The molecule has 1 aromatic carbocycles. The molecule has 3 nitrogen and oxygen atoms in total. The van der Waals surface area contributed by atoms with Crippen molar-refractivity contribution in [1.82, 2.24) is 15.1 Å². The number of aromatic nitrogens is 2. The highest BCUT2D eigenvalue weighted by atomic mass is 15.3. The van der Waals surface area contributed by atoms with Crippen molar-refractivity contribution in [1.29, 1.82) is 0 Å². The van der Waals surface area contributed by atoms with Gasteiger partial charge in [0.25, 0.3) is 0 Å². The van der Waals surface area contributed by atoms with Gasteiger partial charge in [-0.25, -0.2) is 4.68 Å². The second kappa shape index (κ2) is 6.71. The fourth-order valence-electron chi connectivity index (χ4n) is 2.65. The highest BCUT2D eigenvalue weighted by Crippen LogP contribution is 2.19. The summed E-state index contributed by atoms with van der Waals surface area (Å²) in [5, 5.41) is 8.13. The molecule has 0 bridgehead atoms. The topological polar surface area (TPSA) is 29.9 Å². The van der Waals surface area contributed by atoms with E-state index in [1.165, 1.54) is 16.8 Å². The van der Waals surface area contributed by atoms with Crippen molar-refractivity contribution in [3.63, 3.8) is 0 Å². The standard InChI is InChI=1S/C17H25N3/c1-5-10-18-12-15-8-7-9-16(11-15)20-14(4)17(6-2)13(3)19-20/h7-9,11,18H,5-6,10,12H2,1-4H3. The average molecular weight is 271 g/mol. The Kier molecular flexibility index (Phi) is 4.96. The van der Waals surface area contributed by atoms with Crippen molar-refractivity contribution in [2.75, 3.05) is 6.54 Å². The van der Waals surface area contributed by atoms with E-state index in [0.717, 1.165) is 37.3 Å². The lowest BCUT2D eigenvalue weighted by Crippen LogP contribution is -2.14. The first kappa shape index (κ1) is 14.8. The molecule has 0 atom stereocenters. The molecule has 2 aromatic rings. The van der Waals surface area contributed by atoms with Gasteiger partial charge in [-0.3, -0.25) is 0 Å². The van der Waals surface area contributed by atoms with E-state index in [9.17, 15) is 0 Å². The zero-order valence-electron chi connectivity index (χ0n) is 13.0. The Morgan fingerprint density at radius 3 is 2.65 bits per heavy atom. The summed E-state index contributed by atoms with van der Waals surface area (Å²) in [4.78, 5) is 0. The first-order chi connectivity index (χ1) is 9.67. The van der Waals surface area contributed by atoms with Crippen molar-refractivity contribution >= 4 is 0 Å². The van der Waals surface area contributed by atoms with Gasteiger partial charge in [-0.2, -0.15) is 5.10 Å². The van der Waals surface area contributed by atoms with Gasteiger partial charge < -0.3 is 5.32 Å². The number of hydrogen-bond acceptors (Lipinski definition) is 2. The molecule has 0 unspecified atom stereocenters. The highest BCUT2D eigenvalue weighted by Gasteiger charge is 2.11. The van der Waals surface area contributed by atoms with E-state index in [2.05, 4.69) is 67.1 Å². The first-order valence-electron chi connectivity index (χ1n) is 7.52. The van der Waals surface area contributed by atoms with Crippen LogP contribution in [0.4, 0.5) is 0 Å². The summed E-state index contributed by atoms with van der Waals surface area (Å²) in [5.74, 6) is 0. The maximum Gasteiger partial charge on any atom is 0.0652 e. The van der Waals surface area contributed by atoms with Gasteiger partial charge in [0.05, 0.1) is 11.4 Å². The van der Waals surface area contributed by atoms with Crippen molar-refractivity contribution in [2.45, 2.75) is 47.1 Å². The van der Waals surface area contributed by atoms with E-state index >= 15 is 0 Å². The molecule has 0 radical (unpaired) electrons. The van der Waals surface area contributed by atoms with Gasteiger partial charge in [-0.05, 0) is 56.5 Å². The Balaban J connectivity index is 2.27. The maximum atomic E-state index is 4.69. The van der Waals surface area contributed by atoms with Crippen molar-refractivity contribution in [3.8, 4) is 5.69 Å². The number of nitrogens with one attached hydrogen (secondary N) is 1. The Hall–Kier alpha value is -1.61. The molecule has 3 heteroatoms. The van der Waals surface area contributed by atoms with Crippen LogP contribution >= 0.6 is 0 Å². The zero-order chi connectivity index (χ0) is 14.5. The van der Waals surface area contributed by atoms with Crippen molar-refractivity contribution < 1.29 is 0 Å². The van der Waals surface area contributed by atoms with Crippen LogP contribution in [0.1, 0.15) is 42.8 Å². The number of benzene rings is 1. The number of aryl methyl sites for hydroxylation is 1. The summed E-state index contributed by atoms with van der Waals surface area (Å²) in [5.41, 5.74) is 6.21. The molecule has 0 spiro atoms. The average Bonchev–Trinajstić information content (AvgIpc) is 2.74. The lowest BCUT2D eigenvalue weighted by Gasteiger charge is -2.08. The molecular formula is C17H25N3. The van der Waals surface area contributed by atoms with E-state index in [1.54, 1.807) is 0 Å². The molecule has 1 heterocycles. The van der Waals surface area contributed by atoms with Gasteiger partial charge in [-0.1, -0.05) is 26.0 Å². The lowest BCUT2D eigenvalue weighted by molar-refractivity contribution is 0.674. The highest BCUT2D eigenvalue weighted by molar-refractivity contribution is 5.39. The van der Waals surface area contributed by atoms with Crippen LogP contribution in [0, 0.1) is 13.8 Å². The second-order valence-corrected chi connectivity index (χ2v) is 5.26. The summed E-state index contributed by atoms with van der Waals surface area (Å²) in [7, 11) is 0. The molecule has 0 saturated carbocycles. The summed E-state index contributed by atoms with van der Waals surface area (Å²) in [6, 6.07) is 8.63. The smallest absolute Gasteiger partial charge is 0.0652 e. The molecule has 2 rings (SSSR count). The van der Waals surface area contributed by atoms with Gasteiger partial charge in [-0.15, -0.1) is 0 Å². The fourth-order valence-corrected chi connectivity index (χ4v) is 2.65. The quantitative estimate of drug-likeness (QED) is 0.814. The molecular weight excluding hydrogens is 246 g/mol. The van der Waals surface area contributed by atoms with E-state index < -0.39 is 0 Å². The zero-order valence-corrected chi connectivity index (χ0v) is 13.0. The Labute approximate surface area is 122 Å². The monoisotopic (exact) mass is 271 g/mol. The Morgan fingerprint density at radius 1 is 1.20 bits per heavy atom. The van der Waals surface area contributed by atoms with Gasteiger partial charge >= 0.3 is 0 Å². The number of rotatable bonds is 6. The predicted molar refractivity (Wildman–Crippen MR) is 84.4 cm³/mol. The summed E-state index contributed by atoms with van der Waals surface area (Å²) < 4.78 is 2.07. The SMILES string of the molecule is CCCNCc1cccc(-n2nc(C)c(CC)c2C)c1. The van der Waals surface area contributed by atoms with Crippen LogP contribution in [-0.2, 0) is 13.0 Å². The van der Waals surface area contributed by atoms with Crippen LogP contribution in [0.2, 0.25) is 0 Å². The fraction of sp³-hybridized carbons (Fsp3) is 0.471. The summed E-state index contributed by atoms with van der Waals surface area (Å²) in [6.45, 7) is 10.6. The summed E-state index contributed by atoms with van der Waals surface area (Å²) in [6.07, 6.45) is 2.20. The van der Waals surface area contributed by atoms with Crippen LogP contribution < -0.4 is 5.32 Å². The normalized spacial score (nSPS) is 11.0. The first-order valence-corrected chi connectivity index (χ1v) is 7.52. The largest absolute Gasteiger partial charge is 0.313 e. The van der Waals surface area contributed by atoms with Crippen LogP contribution in [0.3, 0.4) is 0 Å². The van der Waals surface area contributed by atoms with Gasteiger partial charge in [0, 0.05) is 12.2 Å². The Bertz CT molecular complexity index is 570. The van der Waals surface area contributed by atoms with E-state index in [4.69, 9.17) is 0 Å². The molecule has 20 heavy (non-hydrogen) atoms. The molecule has 0 aliphatic rings. The predicted octanol–water partition coefficient (Wildman–Crippen LogP) is 3.55. The van der Waals surface area contributed by atoms with Crippen LogP contribution in [-0.4, -0.2) is 16.3 Å². The molecule has 0 aliphatic carbocycles. The molecule has 0 saturated heterocycles. The third-order valence-corrected chi connectivity index (χ3v) is 3.71. The van der Waals surface area contributed by atoms with E-state index in [1.807, 2.05) is 0 Å². The number of nitrogens with zero attached hydrogens (tertiary/aromatic N) is 2. The number of hydrogen-bond donors (Lipinski definition) is 1. The minimum atomic E-state index is 0.918.